The van der Waals surface area contributed by atoms with Gasteiger partial charge >= 0.3 is 0 Å². The van der Waals surface area contributed by atoms with Crippen LogP contribution < -0.4 is 5.32 Å². The fourth-order valence-corrected chi connectivity index (χ4v) is 2.89. The summed E-state index contributed by atoms with van der Waals surface area (Å²) in [5, 5.41) is 3.31. The number of aryl methyl sites for hydroxylation is 1. The van der Waals surface area contributed by atoms with Crippen molar-refractivity contribution in [1.82, 2.24) is 10.2 Å². The molecule has 1 aromatic carbocycles. The van der Waals surface area contributed by atoms with Crippen LogP contribution in [0.15, 0.2) is 24.3 Å². The molecule has 2 fully saturated rings. The standard InChI is InChI=1S/C15H20N2O2/c1-2-11-3-5-12(6-4-11)15-16-9-14(18)17(15)13-7-8-19-10-13/h3-6,13,15-16H,2,7-10H2,1H3. The molecule has 0 radical (unpaired) electrons. The Hall–Kier alpha value is -1.39. The maximum Gasteiger partial charge on any atom is 0.238 e. The Morgan fingerprint density at radius 1 is 1.37 bits per heavy atom. The summed E-state index contributed by atoms with van der Waals surface area (Å²) < 4.78 is 5.42. The van der Waals surface area contributed by atoms with Crippen LogP contribution in [0, 0.1) is 0 Å². The summed E-state index contributed by atoms with van der Waals surface area (Å²) in [4.78, 5) is 14.0. The van der Waals surface area contributed by atoms with Gasteiger partial charge in [0.2, 0.25) is 5.91 Å². The highest BCUT2D eigenvalue weighted by Gasteiger charge is 2.38. The van der Waals surface area contributed by atoms with E-state index in [9.17, 15) is 4.79 Å². The van der Waals surface area contributed by atoms with Crippen molar-refractivity contribution in [3.05, 3.63) is 35.4 Å². The fourth-order valence-electron chi connectivity index (χ4n) is 2.89. The van der Waals surface area contributed by atoms with Crippen molar-refractivity contribution in [1.29, 1.82) is 0 Å². The SMILES string of the molecule is CCc1ccc(C2NCC(=O)N2C2CCOC2)cc1. The van der Waals surface area contributed by atoms with Crippen LogP contribution in [0.1, 0.15) is 30.6 Å². The highest BCUT2D eigenvalue weighted by atomic mass is 16.5. The van der Waals surface area contributed by atoms with E-state index in [4.69, 9.17) is 4.74 Å². The van der Waals surface area contributed by atoms with Crippen molar-refractivity contribution in [2.45, 2.75) is 32.0 Å². The predicted octanol–water partition coefficient (Wildman–Crippen LogP) is 1.47. The van der Waals surface area contributed by atoms with Crippen LogP contribution in [0.3, 0.4) is 0 Å². The summed E-state index contributed by atoms with van der Waals surface area (Å²) in [6.45, 7) is 4.00. The molecule has 0 aromatic heterocycles. The second kappa shape index (κ2) is 5.31. The number of carbonyl (C=O) groups is 1. The van der Waals surface area contributed by atoms with E-state index in [1.54, 1.807) is 0 Å². The molecule has 4 heteroatoms. The zero-order chi connectivity index (χ0) is 13.2. The zero-order valence-electron chi connectivity index (χ0n) is 11.3. The monoisotopic (exact) mass is 260 g/mol. The summed E-state index contributed by atoms with van der Waals surface area (Å²) in [6.07, 6.45) is 1.99. The lowest BCUT2D eigenvalue weighted by Gasteiger charge is -2.29. The number of benzene rings is 1. The summed E-state index contributed by atoms with van der Waals surface area (Å²) in [5.41, 5.74) is 2.48. The zero-order valence-corrected chi connectivity index (χ0v) is 11.3. The van der Waals surface area contributed by atoms with Gasteiger partial charge in [-0.1, -0.05) is 31.2 Å². The minimum Gasteiger partial charge on any atom is -0.379 e. The van der Waals surface area contributed by atoms with Gasteiger partial charge in [0.1, 0.15) is 6.17 Å². The summed E-state index contributed by atoms with van der Waals surface area (Å²) in [7, 11) is 0. The van der Waals surface area contributed by atoms with Crippen LogP contribution in [0.2, 0.25) is 0 Å². The van der Waals surface area contributed by atoms with Gasteiger partial charge in [0, 0.05) is 6.61 Å². The summed E-state index contributed by atoms with van der Waals surface area (Å²) >= 11 is 0. The number of hydrogen-bond acceptors (Lipinski definition) is 3. The molecule has 2 unspecified atom stereocenters. The molecule has 4 nitrogen and oxygen atoms in total. The lowest BCUT2D eigenvalue weighted by molar-refractivity contribution is -0.130. The summed E-state index contributed by atoms with van der Waals surface area (Å²) in [5.74, 6) is 0.181. The second-order valence-corrected chi connectivity index (χ2v) is 5.20. The van der Waals surface area contributed by atoms with Gasteiger partial charge in [0.05, 0.1) is 19.2 Å². The molecule has 102 valence electrons. The third kappa shape index (κ3) is 2.38. The molecule has 0 saturated carbocycles. The molecule has 2 saturated heterocycles. The minimum absolute atomic E-state index is 0.00473. The molecule has 1 amide bonds. The third-order valence-electron chi connectivity index (χ3n) is 4.02. The van der Waals surface area contributed by atoms with E-state index in [-0.39, 0.29) is 18.1 Å². The Bertz CT molecular complexity index is 452. The van der Waals surface area contributed by atoms with Gasteiger partial charge in [-0.25, -0.2) is 0 Å². The van der Waals surface area contributed by atoms with E-state index in [0.29, 0.717) is 13.2 Å². The molecular weight excluding hydrogens is 240 g/mol. The van der Waals surface area contributed by atoms with Crippen molar-refractivity contribution in [3.8, 4) is 0 Å². The van der Waals surface area contributed by atoms with Gasteiger partial charge < -0.3 is 9.64 Å². The van der Waals surface area contributed by atoms with Crippen LogP contribution in [-0.4, -0.2) is 36.6 Å². The van der Waals surface area contributed by atoms with Gasteiger partial charge in [-0.2, -0.15) is 0 Å². The quantitative estimate of drug-likeness (QED) is 0.895. The lowest BCUT2D eigenvalue weighted by Crippen LogP contribution is -2.40. The van der Waals surface area contributed by atoms with Crippen LogP contribution in [0.4, 0.5) is 0 Å². The topological polar surface area (TPSA) is 41.6 Å². The third-order valence-corrected chi connectivity index (χ3v) is 4.02. The molecule has 2 heterocycles. The Morgan fingerprint density at radius 2 is 2.16 bits per heavy atom. The molecule has 0 bridgehead atoms. The van der Waals surface area contributed by atoms with E-state index in [1.165, 1.54) is 5.56 Å². The Kier molecular flexibility index (Phi) is 3.53. The van der Waals surface area contributed by atoms with E-state index >= 15 is 0 Å². The Morgan fingerprint density at radius 3 is 2.79 bits per heavy atom. The number of rotatable bonds is 3. The van der Waals surface area contributed by atoms with Gasteiger partial charge in [-0.05, 0) is 24.0 Å². The van der Waals surface area contributed by atoms with Gasteiger partial charge in [-0.15, -0.1) is 0 Å². The first kappa shape index (κ1) is 12.6. The molecule has 1 aromatic rings. The van der Waals surface area contributed by atoms with Crippen LogP contribution in [-0.2, 0) is 16.0 Å². The summed E-state index contributed by atoms with van der Waals surface area (Å²) in [6, 6.07) is 8.75. The number of ether oxygens (including phenoxy) is 1. The normalized spacial score (nSPS) is 27.2. The van der Waals surface area contributed by atoms with E-state index in [0.717, 1.165) is 25.0 Å². The molecule has 0 aliphatic carbocycles. The second-order valence-electron chi connectivity index (χ2n) is 5.20. The molecule has 2 aliphatic heterocycles. The first-order valence-electron chi connectivity index (χ1n) is 7.00. The minimum atomic E-state index is 0.00473. The maximum absolute atomic E-state index is 12.1. The van der Waals surface area contributed by atoms with Crippen LogP contribution in [0.5, 0.6) is 0 Å². The van der Waals surface area contributed by atoms with Gasteiger partial charge in [0.25, 0.3) is 0 Å². The molecule has 0 spiro atoms. The number of nitrogens with one attached hydrogen (secondary N) is 1. The fraction of sp³-hybridized carbons (Fsp3) is 0.533. The molecule has 2 aliphatic rings. The van der Waals surface area contributed by atoms with E-state index in [2.05, 4.69) is 36.5 Å². The molecular formula is C15H20N2O2. The number of amides is 1. The van der Waals surface area contributed by atoms with Crippen LogP contribution >= 0.6 is 0 Å². The first-order valence-corrected chi connectivity index (χ1v) is 7.00. The number of carbonyl (C=O) groups excluding carboxylic acids is 1. The van der Waals surface area contributed by atoms with E-state index in [1.807, 2.05) is 4.90 Å². The van der Waals surface area contributed by atoms with Crippen molar-refractivity contribution in [2.75, 3.05) is 19.8 Å². The molecule has 1 N–H and O–H groups in total. The van der Waals surface area contributed by atoms with Gasteiger partial charge in [0.15, 0.2) is 0 Å². The van der Waals surface area contributed by atoms with Crippen LogP contribution in [0.25, 0.3) is 0 Å². The first-order chi connectivity index (χ1) is 9.29. The molecule has 19 heavy (non-hydrogen) atoms. The van der Waals surface area contributed by atoms with Gasteiger partial charge in [-0.3, -0.25) is 10.1 Å². The van der Waals surface area contributed by atoms with Crippen molar-refractivity contribution in [3.63, 3.8) is 0 Å². The lowest BCUT2D eigenvalue weighted by atomic mass is 10.1. The molecule has 2 atom stereocenters. The largest absolute Gasteiger partial charge is 0.379 e. The van der Waals surface area contributed by atoms with E-state index < -0.39 is 0 Å². The number of nitrogens with zero attached hydrogens (tertiary/aromatic N) is 1. The van der Waals surface area contributed by atoms with Crippen molar-refractivity contribution < 1.29 is 9.53 Å². The van der Waals surface area contributed by atoms with Crippen molar-refractivity contribution in [2.24, 2.45) is 0 Å². The predicted molar refractivity (Wildman–Crippen MR) is 72.6 cm³/mol. The highest BCUT2D eigenvalue weighted by Crippen LogP contribution is 2.28. The Labute approximate surface area is 113 Å². The average molecular weight is 260 g/mol. The molecule has 3 rings (SSSR count). The van der Waals surface area contributed by atoms with Crippen molar-refractivity contribution >= 4 is 5.91 Å². The smallest absolute Gasteiger partial charge is 0.238 e. The number of hydrogen-bond donors (Lipinski definition) is 1. The highest BCUT2D eigenvalue weighted by molar-refractivity contribution is 5.81. The Balaban J connectivity index is 1.83. The maximum atomic E-state index is 12.1. The average Bonchev–Trinajstić information content (AvgIpc) is 3.08.